The number of fused-ring (bicyclic) bond motifs is 3. The normalized spacial score (nSPS) is 11.0. The van der Waals surface area contributed by atoms with Crippen molar-refractivity contribution in [3.05, 3.63) is 41.7 Å². The summed E-state index contributed by atoms with van der Waals surface area (Å²) in [7, 11) is 0. The van der Waals surface area contributed by atoms with Crippen LogP contribution in [0.5, 0.6) is 0 Å². The van der Waals surface area contributed by atoms with Gasteiger partial charge in [0, 0.05) is 29.3 Å². The molecule has 4 N–H and O–H groups in total. The highest BCUT2D eigenvalue weighted by atomic mass is 16.5. The average Bonchev–Trinajstić information content (AvgIpc) is 3.03. The number of amides is 2. The topological polar surface area (TPSA) is 107 Å². The van der Waals surface area contributed by atoms with Crippen molar-refractivity contribution in [2.24, 2.45) is 0 Å². The Morgan fingerprint density at radius 1 is 1.15 bits per heavy atom. The number of hydroxylamine groups is 1. The maximum Gasteiger partial charge on any atom is 0.269 e. The number of nitrogens with zero attached hydrogens (tertiary/aromatic N) is 1. The lowest BCUT2D eigenvalue weighted by Gasteiger charge is -2.06. The molecule has 0 aliphatic carbocycles. The fourth-order valence-corrected chi connectivity index (χ4v) is 3.06. The molecular formula is C19H22N4O3. The van der Waals surface area contributed by atoms with E-state index < -0.39 is 0 Å². The van der Waals surface area contributed by atoms with Crippen molar-refractivity contribution in [3.63, 3.8) is 0 Å². The summed E-state index contributed by atoms with van der Waals surface area (Å²) in [6, 6.07) is 9.80. The first-order chi connectivity index (χ1) is 12.6. The summed E-state index contributed by atoms with van der Waals surface area (Å²) < 4.78 is 0. The van der Waals surface area contributed by atoms with Crippen LogP contribution in [-0.4, -0.2) is 33.5 Å². The van der Waals surface area contributed by atoms with Gasteiger partial charge in [-0.3, -0.25) is 14.8 Å². The molecule has 0 saturated carbocycles. The first kappa shape index (κ1) is 17.9. The van der Waals surface area contributed by atoms with Gasteiger partial charge < -0.3 is 10.3 Å². The number of aromatic nitrogens is 2. The van der Waals surface area contributed by atoms with Crippen LogP contribution >= 0.6 is 0 Å². The number of pyridine rings is 1. The number of aromatic amines is 1. The molecule has 0 unspecified atom stereocenters. The van der Waals surface area contributed by atoms with Crippen LogP contribution in [0.25, 0.3) is 21.8 Å². The number of H-pyrrole nitrogens is 1. The van der Waals surface area contributed by atoms with Gasteiger partial charge in [-0.05, 0) is 31.9 Å². The molecule has 3 rings (SSSR count). The van der Waals surface area contributed by atoms with E-state index in [0.29, 0.717) is 18.7 Å². The zero-order valence-electron chi connectivity index (χ0n) is 14.6. The highest BCUT2D eigenvalue weighted by Crippen LogP contribution is 2.27. The van der Waals surface area contributed by atoms with Gasteiger partial charge >= 0.3 is 0 Å². The lowest BCUT2D eigenvalue weighted by atomic mass is 10.1. The van der Waals surface area contributed by atoms with Gasteiger partial charge in [0.25, 0.3) is 5.91 Å². The Hall–Kier alpha value is -2.93. The van der Waals surface area contributed by atoms with Gasteiger partial charge in [0.1, 0.15) is 5.69 Å². The number of rotatable bonds is 7. The SMILES string of the molecule is Cc1nc(C(=O)NCCCCCC(=O)NO)cc2c1[nH]c1ccccc12. The van der Waals surface area contributed by atoms with E-state index in [4.69, 9.17) is 5.21 Å². The Labute approximate surface area is 150 Å². The van der Waals surface area contributed by atoms with E-state index in [1.54, 1.807) is 5.48 Å². The molecule has 136 valence electrons. The van der Waals surface area contributed by atoms with Gasteiger partial charge in [0.2, 0.25) is 5.91 Å². The smallest absolute Gasteiger partial charge is 0.269 e. The minimum absolute atomic E-state index is 0.201. The number of para-hydroxylation sites is 1. The third kappa shape index (κ3) is 3.83. The number of aryl methyl sites for hydroxylation is 1. The minimum atomic E-state index is -0.388. The standard InChI is InChI=1S/C19H22N4O3/c1-12-18-14(13-7-4-5-8-15(13)22-18)11-16(21-12)19(25)20-10-6-2-3-9-17(24)23-26/h4-5,7-8,11,22,26H,2-3,6,9-10H2,1H3,(H,20,25)(H,23,24). The number of carbonyl (C=O) groups excluding carboxylic acids is 2. The summed E-state index contributed by atoms with van der Waals surface area (Å²) in [5.74, 6) is -0.589. The predicted molar refractivity (Wildman–Crippen MR) is 99.1 cm³/mol. The molecule has 0 fully saturated rings. The zero-order chi connectivity index (χ0) is 18.5. The van der Waals surface area contributed by atoms with Crippen molar-refractivity contribution >= 4 is 33.6 Å². The molecule has 0 atom stereocenters. The van der Waals surface area contributed by atoms with Crippen LogP contribution in [-0.2, 0) is 4.79 Å². The summed E-state index contributed by atoms with van der Waals surface area (Å²) in [6.45, 7) is 2.41. The van der Waals surface area contributed by atoms with Crippen molar-refractivity contribution in [1.29, 1.82) is 0 Å². The first-order valence-electron chi connectivity index (χ1n) is 8.69. The fourth-order valence-electron chi connectivity index (χ4n) is 3.06. The number of unbranched alkanes of at least 4 members (excludes halogenated alkanes) is 2. The number of benzene rings is 1. The molecule has 2 heterocycles. The molecule has 0 bridgehead atoms. The average molecular weight is 354 g/mol. The Kier molecular flexibility index (Phi) is 5.48. The first-order valence-corrected chi connectivity index (χ1v) is 8.69. The van der Waals surface area contributed by atoms with Gasteiger partial charge in [-0.15, -0.1) is 0 Å². The largest absolute Gasteiger partial charge is 0.353 e. The van der Waals surface area contributed by atoms with Crippen LogP contribution in [0.3, 0.4) is 0 Å². The van der Waals surface area contributed by atoms with Crippen molar-refractivity contribution in [2.45, 2.75) is 32.6 Å². The molecule has 2 amide bonds. The van der Waals surface area contributed by atoms with E-state index in [0.717, 1.165) is 40.3 Å². The molecule has 3 aromatic rings. The maximum absolute atomic E-state index is 12.4. The van der Waals surface area contributed by atoms with Crippen LogP contribution in [0.4, 0.5) is 0 Å². The van der Waals surface area contributed by atoms with Crippen LogP contribution in [0, 0.1) is 6.92 Å². The van der Waals surface area contributed by atoms with Crippen molar-refractivity contribution in [1.82, 2.24) is 20.8 Å². The molecule has 1 aromatic carbocycles. The lowest BCUT2D eigenvalue weighted by molar-refractivity contribution is -0.129. The third-order valence-electron chi connectivity index (χ3n) is 4.40. The summed E-state index contributed by atoms with van der Waals surface area (Å²) in [5.41, 5.74) is 4.77. The van der Waals surface area contributed by atoms with Gasteiger partial charge in [-0.1, -0.05) is 24.6 Å². The molecule has 0 aliphatic heterocycles. The monoisotopic (exact) mass is 354 g/mol. The number of carbonyl (C=O) groups is 2. The Balaban J connectivity index is 1.63. The van der Waals surface area contributed by atoms with Gasteiger partial charge in [0.05, 0.1) is 11.2 Å². The molecule has 7 heteroatoms. The lowest BCUT2D eigenvalue weighted by Crippen LogP contribution is -2.25. The van der Waals surface area contributed by atoms with Crippen LogP contribution in [0.1, 0.15) is 41.9 Å². The fraction of sp³-hybridized carbons (Fsp3) is 0.316. The Bertz CT molecular complexity index is 949. The molecule has 0 radical (unpaired) electrons. The maximum atomic E-state index is 12.4. The highest BCUT2D eigenvalue weighted by Gasteiger charge is 2.13. The quantitative estimate of drug-likeness (QED) is 0.297. The third-order valence-corrected chi connectivity index (χ3v) is 4.40. The summed E-state index contributed by atoms with van der Waals surface area (Å²) in [5, 5.41) is 13.4. The molecule has 7 nitrogen and oxygen atoms in total. The summed E-state index contributed by atoms with van der Waals surface area (Å²) in [4.78, 5) is 31.1. The highest BCUT2D eigenvalue weighted by molar-refractivity contribution is 6.10. The van der Waals surface area contributed by atoms with Crippen LogP contribution in [0.2, 0.25) is 0 Å². The van der Waals surface area contributed by atoms with E-state index >= 15 is 0 Å². The van der Waals surface area contributed by atoms with Crippen LogP contribution < -0.4 is 10.8 Å². The number of hydrogen-bond donors (Lipinski definition) is 4. The predicted octanol–water partition coefficient (Wildman–Crippen LogP) is 2.82. The van der Waals surface area contributed by atoms with Crippen molar-refractivity contribution < 1.29 is 14.8 Å². The number of hydrogen-bond acceptors (Lipinski definition) is 4. The van der Waals surface area contributed by atoms with Crippen LogP contribution in [0.15, 0.2) is 30.3 Å². The Morgan fingerprint density at radius 2 is 1.96 bits per heavy atom. The molecule has 0 aliphatic rings. The van der Waals surface area contributed by atoms with E-state index in [1.165, 1.54) is 0 Å². The second-order valence-corrected chi connectivity index (χ2v) is 6.29. The molecule has 0 spiro atoms. The molecule has 2 aromatic heterocycles. The molecule has 0 saturated heterocycles. The zero-order valence-corrected chi connectivity index (χ0v) is 14.6. The van der Waals surface area contributed by atoms with E-state index in [1.807, 2.05) is 37.3 Å². The van der Waals surface area contributed by atoms with E-state index in [9.17, 15) is 9.59 Å². The van der Waals surface area contributed by atoms with E-state index in [2.05, 4.69) is 15.3 Å². The molecule has 26 heavy (non-hydrogen) atoms. The molecular weight excluding hydrogens is 332 g/mol. The number of nitrogens with one attached hydrogen (secondary N) is 3. The van der Waals surface area contributed by atoms with Gasteiger partial charge in [-0.25, -0.2) is 10.5 Å². The Morgan fingerprint density at radius 3 is 2.77 bits per heavy atom. The summed E-state index contributed by atoms with van der Waals surface area (Å²) in [6.07, 6.45) is 2.50. The van der Waals surface area contributed by atoms with Crippen molar-refractivity contribution in [3.8, 4) is 0 Å². The second kappa shape index (κ2) is 7.97. The van der Waals surface area contributed by atoms with Gasteiger partial charge in [-0.2, -0.15) is 0 Å². The van der Waals surface area contributed by atoms with Gasteiger partial charge in [0.15, 0.2) is 0 Å². The summed E-state index contributed by atoms with van der Waals surface area (Å²) >= 11 is 0. The second-order valence-electron chi connectivity index (χ2n) is 6.29. The van der Waals surface area contributed by atoms with E-state index in [-0.39, 0.29) is 18.2 Å². The van der Waals surface area contributed by atoms with Crippen molar-refractivity contribution in [2.75, 3.05) is 6.54 Å². The minimum Gasteiger partial charge on any atom is -0.353 e.